The van der Waals surface area contributed by atoms with Gasteiger partial charge in [0.05, 0.1) is 13.2 Å². The Kier molecular flexibility index (Phi) is 8.54. The predicted molar refractivity (Wildman–Crippen MR) is 73.2 cm³/mol. The van der Waals surface area contributed by atoms with Gasteiger partial charge in [0.2, 0.25) is 0 Å². The molecule has 0 saturated carbocycles. The highest BCUT2D eigenvalue weighted by Gasteiger charge is 2.10. The van der Waals surface area contributed by atoms with Gasteiger partial charge in [-0.1, -0.05) is 5.11 Å². The molecule has 0 bridgehead atoms. The molecule has 8 heteroatoms. The van der Waals surface area contributed by atoms with Crippen molar-refractivity contribution in [2.45, 2.75) is 19.1 Å². The monoisotopic (exact) mass is 295 g/mol. The van der Waals surface area contributed by atoms with E-state index < -0.39 is 6.23 Å². The molecule has 0 aromatic heterocycles. The Balaban J connectivity index is 2.35. The maximum atomic E-state index is 10.7. The summed E-state index contributed by atoms with van der Waals surface area (Å²) in [5.41, 5.74) is 9.13. The van der Waals surface area contributed by atoms with Crippen molar-refractivity contribution in [3.63, 3.8) is 0 Å². The van der Waals surface area contributed by atoms with E-state index in [9.17, 15) is 9.59 Å². The zero-order chi connectivity index (χ0) is 15.3. The largest absolute Gasteiger partial charge is 0.491 e. The van der Waals surface area contributed by atoms with Crippen LogP contribution in [0.5, 0.6) is 0 Å². The van der Waals surface area contributed by atoms with Gasteiger partial charge >= 0.3 is 0 Å². The summed E-state index contributed by atoms with van der Waals surface area (Å²) in [6.45, 7) is 0.424. The lowest BCUT2D eigenvalue weighted by Gasteiger charge is -2.16. The molecule has 0 heterocycles. The second-order valence-electron chi connectivity index (χ2n) is 4.07. The number of aldehydes is 2. The summed E-state index contributed by atoms with van der Waals surface area (Å²) in [5.74, 6) is 0.558. The zero-order valence-electron chi connectivity index (χ0n) is 11.5. The molecule has 0 radical (unpaired) electrons. The third kappa shape index (κ3) is 7.26. The first kappa shape index (κ1) is 16.9. The Bertz CT molecular complexity index is 455. The first-order valence-corrected chi connectivity index (χ1v) is 6.46. The summed E-state index contributed by atoms with van der Waals surface area (Å²) in [7, 11) is 0. The lowest BCUT2D eigenvalue weighted by Crippen LogP contribution is -2.20. The van der Waals surface area contributed by atoms with Gasteiger partial charge in [0.1, 0.15) is 31.5 Å². The highest BCUT2D eigenvalue weighted by molar-refractivity contribution is 5.74. The number of ether oxygens (including phenoxy) is 3. The van der Waals surface area contributed by atoms with Gasteiger partial charge in [-0.15, -0.1) is 0 Å². The van der Waals surface area contributed by atoms with Gasteiger partial charge in [-0.05, 0) is 36.1 Å². The van der Waals surface area contributed by atoms with Crippen LogP contribution in [0.4, 0.5) is 0 Å². The van der Waals surface area contributed by atoms with E-state index >= 15 is 0 Å². The number of hydrogen-bond acceptors (Lipinski definition) is 6. The minimum absolute atomic E-state index is 0.00179. The van der Waals surface area contributed by atoms with Crippen LogP contribution in [0.3, 0.4) is 0 Å². The molecule has 1 rings (SSSR count). The van der Waals surface area contributed by atoms with Crippen LogP contribution in [-0.2, 0) is 23.8 Å². The Morgan fingerprint density at radius 3 is 3.00 bits per heavy atom. The van der Waals surface area contributed by atoms with Crippen LogP contribution in [0.15, 0.2) is 28.6 Å². The lowest BCUT2D eigenvalue weighted by molar-refractivity contribution is -0.112. The van der Waals surface area contributed by atoms with E-state index in [2.05, 4.69) is 10.0 Å². The van der Waals surface area contributed by atoms with Crippen LogP contribution in [0.2, 0.25) is 0 Å². The quantitative estimate of drug-likeness (QED) is 0.189. The summed E-state index contributed by atoms with van der Waals surface area (Å²) in [6.07, 6.45) is 5.56. The topological polar surface area (TPSA) is 111 Å². The van der Waals surface area contributed by atoms with Crippen molar-refractivity contribution in [3.8, 4) is 0 Å². The molecule has 0 amide bonds. The second kappa shape index (κ2) is 10.6. The molecule has 0 aromatic carbocycles. The van der Waals surface area contributed by atoms with Crippen LogP contribution >= 0.6 is 0 Å². The van der Waals surface area contributed by atoms with Crippen molar-refractivity contribution >= 4 is 12.6 Å². The fraction of sp³-hybridized carbons (Fsp3) is 0.538. The average molecular weight is 295 g/mol. The third-order valence-corrected chi connectivity index (χ3v) is 2.55. The molecule has 1 aliphatic rings. The number of carbonyl (C=O) groups is 2. The van der Waals surface area contributed by atoms with E-state index in [1.165, 1.54) is 0 Å². The van der Waals surface area contributed by atoms with Gasteiger partial charge in [0.15, 0.2) is 6.23 Å². The number of azide groups is 1. The number of rotatable bonds is 11. The average Bonchev–Trinajstić information content (AvgIpc) is 2.52. The van der Waals surface area contributed by atoms with Crippen LogP contribution < -0.4 is 0 Å². The summed E-state index contributed by atoms with van der Waals surface area (Å²) in [5, 5.41) is 3.46. The van der Waals surface area contributed by atoms with Crippen LogP contribution in [0, 0.1) is 0 Å². The van der Waals surface area contributed by atoms with Crippen LogP contribution in [0.25, 0.3) is 10.4 Å². The fourth-order valence-electron chi connectivity index (χ4n) is 1.60. The highest BCUT2D eigenvalue weighted by Crippen LogP contribution is 2.17. The van der Waals surface area contributed by atoms with Crippen molar-refractivity contribution in [1.29, 1.82) is 0 Å². The normalized spacial score (nSPS) is 15.2. The molecular formula is C13H17N3O5. The van der Waals surface area contributed by atoms with E-state index in [0.717, 1.165) is 12.7 Å². The predicted octanol–water partition coefficient (Wildman–Crippen LogP) is 1.67. The molecule has 1 atom stereocenters. The molecular weight excluding hydrogens is 278 g/mol. The minimum atomic E-state index is -0.800. The standard InChI is InChI=1S/C13H17N3O5/c14-16-15-13(20-7-6-19-5-4-17)10-21-12-3-1-2-11(8-12)9-18/h3-4,8-9,13H,1-2,5-7,10H2. The smallest absolute Gasteiger partial charge is 0.170 e. The van der Waals surface area contributed by atoms with Gasteiger partial charge in [-0.2, -0.15) is 0 Å². The Morgan fingerprint density at radius 2 is 2.29 bits per heavy atom. The molecule has 0 aliphatic heterocycles. The van der Waals surface area contributed by atoms with Crippen molar-refractivity contribution in [3.05, 3.63) is 33.9 Å². The van der Waals surface area contributed by atoms with E-state index in [1.54, 1.807) is 6.08 Å². The third-order valence-electron chi connectivity index (χ3n) is 2.55. The van der Waals surface area contributed by atoms with Crippen molar-refractivity contribution < 1.29 is 23.8 Å². The van der Waals surface area contributed by atoms with E-state index in [1.807, 2.05) is 6.08 Å². The second-order valence-corrected chi connectivity index (χ2v) is 4.07. The van der Waals surface area contributed by atoms with Crippen LogP contribution in [-0.4, -0.2) is 45.2 Å². The molecule has 114 valence electrons. The summed E-state index contributed by atoms with van der Waals surface area (Å²) in [4.78, 5) is 23.4. The molecule has 0 aromatic rings. The Hall–Kier alpha value is -2.15. The number of carbonyl (C=O) groups excluding carboxylic acids is 2. The molecule has 0 saturated heterocycles. The van der Waals surface area contributed by atoms with Crippen molar-refractivity contribution in [1.82, 2.24) is 0 Å². The van der Waals surface area contributed by atoms with Gasteiger partial charge in [0, 0.05) is 4.91 Å². The Morgan fingerprint density at radius 1 is 1.43 bits per heavy atom. The van der Waals surface area contributed by atoms with Gasteiger partial charge < -0.3 is 19.0 Å². The maximum Gasteiger partial charge on any atom is 0.170 e. The molecule has 8 nitrogen and oxygen atoms in total. The van der Waals surface area contributed by atoms with E-state index in [-0.39, 0.29) is 26.4 Å². The molecule has 1 aliphatic carbocycles. The summed E-state index contributed by atoms with van der Waals surface area (Å²) >= 11 is 0. The van der Waals surface area contributed by atoms with Crippen molar-refractivity contribution in [2.24, 2.45) is 5.11 Å². The van der Waals surface area contributed by atoms with Gasteiger partial charge in [-0.3, -0.25) is 4.79 Å². The molecule has 21 heavy (non-hydrogen) atoms. The first-order chi connectivity index (χ1) is 10.3. The van der Waals surface area contributed by atoms with Crippen molar-refractivity contribution in [2.75, 3.05) is 26.4 Å². The number of allylic oxidation sites excluding steroid dienone is 3. The van der Waals surface area contributed by atoms with E-state index in [0.29, 0.717) is 24.0 Å². The SMILES string of the molecule is [N-]=[N+]=NC(COC1=CCCC(C=O)=C1)OCCOCC=O. The molecule has 0 N–H and O–H groups in total. The van der Waals surface area contributed by atoms with Crippen LogP contribution in [0.1, 0.15) is 12.8 Å². The molecule has 1 unspecified atom stereocenters. The maximum absolute atomic E-state index is 10.7. The molecule has 0 spiro atoms. The van der Waals surface area contributed by atoms with Gasteiger partial charge in [0.25, 0.3) is 0 Å². The summed E-state index contributed by atoms with van der Waals surface area (Å²) in [6, 6.07) is 0. The zero-order valence-corrected chi connectivity index (χ0v) is 11.5. The minimum Gasteiger partial charge on any atom is -0.491 e. The lowest BCUT2D eigenvalue weighted by atomic mass is 10.1. The number of nitrogens with zero attached hydrogens (tertiary/aromatic N) is 3. The highest BCUT2D eigenvalue weighted by atomic mass is 16.6. The first-order valence-electron chi connectivity index (χ1n) is 6.46. The van der Waals surface area contributed by atoms with E-state index in [4.69, 9.17) is 19.7 Å². The Labute approximate surface area is 122 Å². The van der Waals surface area contributed by atoms with Gasteiger partial charge in [-0.25, -0.2) is 0 Å². The number of hydrogen-bond donors (Lipinski definition) is 0. The molecule has 0 fully saturated rings. The summed E-state index contributed by atoms with van der Waals surface area (Å²) < 4.78 is 15.6. The fourth-order valence-corrected chi connectivity index (χ4v) is 1.60.